The molecule has 1 unspecified atom stereocenters. The van der Waals surface area contributed by atoms with E-state index in [1.807, 2.05) is 13.8 Å². The molecule has 1 amide bonds. The number of amides is 1. The molecule has 1 aliphatic rings. The first-order valence-electron chi connectivity index (χ1n) is 5.63. The number of aromatic nitrogens is 1. The van der Waals surface area contributed by atoms with Crippen molar-refractivity contribution in [2.45, 2.75) is 38.3 Å². The molecule has 1 saturated heterocycles. The van der Waals surface area contributed by atoms with Crippen molar-refractivity contribution >= 4 is 5.91 Å². The number of carbonyl (C=O) groups is 1. The Kier molecular flexibility index (Phi) is 2.76. The molecule has 0 spiro atoms. The molecule has 1 fully saturated rings. The largest absolute Gasteiger partial charge is 0.391 e. The minimum Gasteiger partial charge on any atom is -0.391 e. The van der Waals surface area contributed by atoms with Crippen molar-refractivity contribution < 1.29 is 9.90 Å². The van der Waals surface area contributed by atoms with Gasteiger partial charge in [-0.1, -0.05) is 0 Å². The zero-order chi connectivity index (χ0) is 11.8. The Bertz CT molecular complexity index is 370. The molecule has 0 radical (unpaired) electrons. The summed E-state index contributed by atoms with van der Waals surface area (Å²) in [5.74, 6) is -0.00926. The van der Waals surface area contributed by atoms with Crippen LogP contribution in [0.2, 0.25) is 0 Å². The highest BCUT2D eigenvalue weighted by molar-refractivity contribution is 5.94. The standard InChI is InChI=1S/C12H18N2O2/c1-12(2)5-3-10(15)8-14(12)11(16)9-4-6-13-7-9/h4,6-7,10,13,15H,3,5,8H2,1-2H3. The number of rotatable bonds is 1. The van der Waals surface area contributed by atoms with Crippen molar-refractivity contribution in [1.82, 2.24) is 9.88 Å². The molecule has 1 atom stereocenters. The van der Waals surface area contributed by atoms with Gasteiger partial charge < -0.3 is 15.0 Å². The number of nitrogens with zero attached hydrogens (tertiary/aromatic N) is 1. The van der Waals surface area contributed by atoms with Crippen LogP contribution < -0.4 is 0 Å². The van der Waals surface area contributed by atoms with Crippen molar-refractivity contribution in [3.8, 4) is 0 Å². The second-order valence-electron chi connectivity index (χ2n) is 5.02. The van der Waals surface area contributed by atoms with Gasteiger partial charge in [0.25, 0.3) is 5.91 Å². The highest BCUT2D eigenvalue weighted by Crippen LogP contribution is 2.28. The van der Waals surface area contributed by atoms with Gasteiger partial charge in [-0.2, -0.15) is 0 Å². The Balaban J connectivity index is 2.21. The van der Waals surface area contributed by atoms with E-state index in [4.69, 9.17) is 0 Å². The minimum atomic E-state index is -0.393. The van der Waals surface area contributed by atoms with Gasteiger partial charge in [-0.05, 0) is 32.8 Å². The normalized spacial score (nSPS) is 24.4. The molecule has 2 rings (SSSR count). The molecule has 2 N–H and O–H groups in total. The molecule has 4 heteroatoms. The Morgan fingerprint density at radius 1 is 1.62 bits per heavy atom. The summed E-state index contributed by atoms with van der Waals surface area (Å²) in [5, 5.41) is 9.66. The van der Waals surface area contributed by atoms with E-state index in [9.17, 15) is 9.90 Å². The van der Waals surface area contributed by atoms with Crippen molar-refractivity contribution in [3.05, 3.63) is 24.0 Å². The van der Waals surface area contributed by atoms with Crippen LogP contribution in [0.15, 0.2) is 18.5 Å². The van der Waals surface area contributed by atoms with Gasteiger partial charge in [0.2, 0.25) is 0 Å². The molecule has 16 heavy (non-hydrogen) atoms. The van der Waals surface area contributed by atoms with Crippen molar-refractivity contribution in [1.29, 1.82) is 0 Å². The molecule has 1 aliphatic heterocycles. The third kappa shape index (κ3) is 1.97. The zero-order valence-corrected chi connectivity index (χ0v) is 9.73. The summed E-state index contributed by atoms with van der Waals surface area (Å²) >= 11 is 0. The SMILES string of the molecule is CC1(C)CCC(O)CN1C(=O)c1cc[nH]c1. The van der Waals surface area contributed by atoms with Crippen molar-refractivity contribution in [3.63, 3.8) is 0 Å². The number of carbonyl (C=O) groups excluding carboxylic acids is 1. The molecule has 0 aliphatic carbocycles. The van der Waals surface area contributed by atoms with Crippen LogP contribution in [0.4, 0.5) is 0 Å². The van der Waals surface area contributed by atoms with E-state index in [1.165, 1.54) is 0 Å². The van der Waals surface area contributed by atoms with E-state index in [0.29, 0.717) is 12.1 Å². The lowest BCUT2D eigenvalue weighted by Crippen LogP contribution is -2.54. The fourth-order valence-corrected chi connectivity index (χ4v) is 2.17. The molecule has 4 nitrogen and oxygen atoms in total. The lowest BCUT2D eigenvalue weighted by atomic mass is 9.88. The van der Waals surface area contributed by atoms with E-state index >= 15 is 0 Å². The van der Waals surface area contributed by atoms with E-state index < -0.39 is 6.10 Å². The maximum Gasteiger partial charge on any atom is 0.255 e. The predicted octanol–water partition coefficient (Wildman–Crippen LogP) is 1.39. The number of likely N-dealkylation sites (tertiary alicyclic amines) is 1. The Morgan fingerprint density at radius 2 is 2.38 bits per heavy atom. The third-order valence-electron chi connectivity index (χ3n) is 3.30. The zero-order valence-electron chi connectivity index (χ0n) is 9.73. The van der Waals surface area contributed by atoms with Crippen molar-refractivity contribution in [2.24, 2.45) is 0 Å². The van der Waals surface area contributed by atoms with Crippen LogP contribution in [0.25, 0.3) is 0 Å². The quantitative estimate of drug-likeness (QED) is 0.754. The maximum absolute atomic E-state index is 12.2. The van der Waals surface area contributed by atoms with Crippen LogP contribution in [0.1, 0.15) is 37.0 Å². The fourth-order valence-electron chi connectivity index (χ4n) is 2.17. The van der Waals surface area contributed by atoms with E-state index in [2.05, 4.69) is 4.98 Å². The summed E-state index contributed by atoms with van der Waals surface area (Å²) in [4.78, 5) is 16.9. The molecule has 0 saturated carbocycles. The minimum absolute atomic E-state index is 0.00926. The molecular weight excluding hydrogens is 204 g/mol. The van der Waals surface area contributed by atoms with Gasteiger partial charge in [0.05, 0.1) is 11.7 Å². The molecule has 1 aromatic heterocycles. The van der Waals surface area contributed by atoms with Gasteiger partial charge in [-0.25, -0.2) is 0 Å². The first kappa shape index (κ1) is 11.2. The monoisotopic (exact) mass is 222 g/mol. The van der Waals surface area contributed by atoms with Crippen molar-refractivity contribution in [2.75, 3.05) is 6.54 Å². The number of nitrogens with one attached hydrogen (secondary N) is 1. The van der Waals surface area contributed by atoms with Crippen LogP contribution in [-0.2, 0) is 0 Å². The van der Waals surface area contributed by atoms with E-state index in [0.717, 1.165) is 12.8 Å². The smallest absolute Gasteiger partial charge is 0.255 e. The molecule has 0 bridgehead atoms. The van der Waals surface area contributed by atoms with Gasteiger partial charge in [-0.15, -0.1) is 0 Å². The Hall–Kier alpha value is -1.29. The number of piperidine rings is 1. The van der Waals surface area contributed by atoms with E-state index in [1.54, 1.807) is 23.4 Å². The number of aromatic amines is 1. The molecule has 2 heterocycles. The second kappa shape index (κ2) is 3.94. The number of aliphatic hydroxyl groups excluding tert-OH is 1. The third-order valence-corrected chi connectivity index (χ3v) is 3.30. The summed E-state index contributed by atoms with van der Waals surface area (Å²) in [6.07, 6.45) is 4.64. The number of β-amino-alcohol motifs (C(OH)–C–C–N with tert-alkyl or cyclic N) is 1. The summed E-state index contributed by atoms with van der Waals surface area (Å²) in [5.41, 5.74) is 0.482. The fraction of sp³-hybridized carbons (Fsp3) is 0.583. The number of hydrogen-bond donors (Lipinski definition) is 2. The summed E-state index contributed by atoms with van der Waals surface area (Å²) in [6, 6.07) is 1.76. The number of hydrogen-bond acceptors (Lipinski definition) is 2. The van der Waals surface area contributed by atoms with Crippen LogP contribution in [0.5, 0.6) is 0 Å². The molecule has 0 aromatic carbocycles. The molecule has 1 aromatic rings. The van der Waals surface area contributed by atoms with Gasteiger partial charge in [0.1, 0.15) is 0 Å². The predicted molar refractivity (Wildman–Crippen MR) is 61.1 cm³/mol. The lowest BCUT2D eigenvalue weighted by molar-refractivity contribution is 0.00155. The lowest BCUT2D eigenvalue weighted by Gasteiger charge is -2.44. The molecular formula is C12H18N2O2. The first-order chi connectivity index (χ1) is 7.50. The van der Waals surface area contributed by atoms with Gasteiger partial charge in [-0.3, -0.25) is 4.79 Å². The first-order valence-corrected chi connectivity index (χ1v) is 5.63. The highest BCUT2D eigenvalue weighted by atomic mass is 16.3. The summed E-state index contributed by atoms with van der Waals surface area (Å²) in [6.45, 7) is 4.52. The van der Waals surface area contributed by atoms with Crippen LogP contribution >= 0.6 is 0 Å². The van der Waals surface area contributed by atoms with E-state index in [-0.39, 0.29) is 11.4 Å². The van der Waals surface area contributed by atoms with Crippen LogP contribution in [-0.4, -0.2) is 39.1 Å². The number of H-pyrrole nitrogens is 1. The average Bonchev–Trinajstić information content (AvgIpc) is 2.74. The van der Waals surface area contributed by atoms with Gasteiger partial charge in [0.15, 0.2) is 0 Å². The Morgan fingerprint density at radius 3 is 3.00 bits per heavy atom. The molecule has 88 valence electrons. The average molecular weight is 222 g/mol. The maximum atomic E-state index is 12.2. The summed E-state index contributed by atoms with van der Waals surface area (Å²) in [7, 11) is 0. The van der Waals surface area contributed by atoms with Gasteiger partial charge >= 0.3 is 0 Å². The highest BCUT2D eigenvalue weighted by Gasteiger charge is 2.36. The van der Waals surface area contributed by atoms with Crippen LogP contribution in [0, 0.1) is 0 Å². The summed E-state index contributed by atoms with van der Waals surface area (Å²) < 4.78 is 0. The van der Waals surface area contributed by atoms with Crippen LogP contribution in [0.3, 0.4) is 0 Å². The topological polar surface area (TPSA) is 56.3 Å². The number of aliphatic hydroxyl groups is 1. The second-order valence-corrected chi connectivity index (χ2v) is 5.02. The Labute approximate surface area is 95.3 Å². The van der Waals surface area contributed by atoms with Gasteiger partial charge in [0, 0.05) is 24.5 Å².